The lowest BCUT2D eigenvalue weighted by Gasteiger charge is -2.36. The minimum atomic E-state index is 0.433. The van der Waals surface area contributed by atoms with Crippen molar-refractivity contribution in [3.63, 3.8) is 0 Å². The third-order valence-corrected chi connectivity index (χ3v) is 6.19. The molecule has 1 unspecified atom stereocenters. The van der Waals surface area contributed by atoms with Crippen molar-refractivity contribution >= 4 is 17.3 Å². The molecular formula is C16H20ClN3. The molecule has 1 aromatic rings. The molecule has 106 valence electrons. The first-order chi connectivity index (χ1) is 9.78. The van der Waals surface area contributed by atoms with Crippen molar-refractivity contribution < 1.29 is 0 Å². The van der Waals surface area contributed by atoms with Crippen molar-refractivity contribution in [2.24, 2.45) is 11.3 Å². The lowest BCUT2D eigenvalue weighted by Crippen LogP contribution is -2.43. The summed E-state index contributed by atoms with van der Waals surface area (Å²) in [5, 5.41) is 0.834. The molecule has 1 aromatic carbocycles. The maximum Gasteiger partial charge on any atom is 0.0723 e. The summed E-state index contributed by atoms with van der Waals surface area (Å²) < 4.78 is 0. The topological polar surface area (TPSA) is 27.3 Å². The Bertz CT molecular complexity index is 571. The second kappa shape index (κ2) is 3.90. The molecule has 3 fully saturated rings. The summed E-state index contributed by atoms with van der Waals surface area (Å²) in [6.45, 7) is 2.59. The molecule has 0 spiro atoms. The molecule has 3 atom stereocenters. The molecule has 0 aromatic heterocycles. The van der Waals surface area contributed by atoms with Gasteiger partial charge in [0.15, 0.2) is 0 Å². The molecule has 2 heterocycles. The van der Waals surface area contributed by atoms with Gasteiger partial charge in [-0.25, -0.2) is 5.43 Å². The number of nitrogens with zero attached hydrogens (tertiary/aromatic N) is 1. The van der Waals surface area contributed by atoms with Gasteiger partial charge in [0, 0.05) is 18.0 Å². The third kappa shape index (κ3) is 1.54. The van der Waals surface area contributed by atoms with E-state index in [1.165, 1.54) is 44.3 Å². The fourth-order valence-electron chi connectivity index (χ4n) is 4.55. The summed E-state index contributed by atoms with van der Waals surface area (Å²) in [5.41, 5.74) is 9.78. The van der Waals surface area contributed by atoms with Gasteiger partial charge in [0.2, 0.25) is 0 Å². The predicted octanol–water partition coefficient (Wildman–Crippen LogP) is 3.19. The fourth-order valence-corrected chi connectivity index (χ4v) is 4.78. The van der Waals surface area contributed by atoms with Crippen LogP contribution in [0.3, 0.4) is 0 Å². The minimum Gasteiger partial charge on any atom is -0.319 e. The average molecular weight is 290 g/mol. The Kier molecular flexibility index (Phi) is 2.31. The van der Waals surface area contributed by atoms with Crippen LogP contribution in [0.2, 0.25) is 5.02 Å². The SMILES string of the molecule is Clc1cccc2c1NNC2[C@@]12C[C@@H]1CCN(C1CC1)C2. The Morgan fingerprint density at radius 2 is 2.15 bits per heavy atom. The van der Waals surface area contributed by atoms with E-state index < -0.39 is 0 Å². The first-order valence-electron chi connectivity index (χ1n) is 7.82. The van der Waals surface area contributed by atoms with E-state index in [-0.39, 0.29) is 0 Å². The molecule has 4 aliphatic rings. The first kappa shape index (κ1) is 11.8. The number of benzene rings is 1. The van der Waals surface area contributed by atoms with Gasteiger partial charge in [0.25, 0.3) is 0 Å². The van der Waals surface area contributed by atoms with Gasteiger partial charge in [-0.15, -0.1) is 0 Å². The van der Waals surface area contributed by atoms with Gasteiger partial charge in [-0.2, -0.15) is 0 Å². The number of likely N-dealkylation sites (tertiary alicyclic amines) is 1. The van der Waals surface area contributed by atoms with Crippen LogP contribution in [0.4, 0.5) is 5.69 Å². The van der Waals surface area contributed by atoms with Gasteiger partial charge in [0.1, 0.15) is 0 Å². The van der Waals surface area contributed by atoms with Gasteiger partial charge in [0.05, 0.1) is 16.8 Å². The Morgan fingerprint density at radius 1 is 1.25 bits per heavy atom. The van der Waals surface area contributed by atoms with Crippen molar-refractivity contribution in [3.8, 4) is 0 Å². The molecule has 0 amide bonds. The number of piperidine rings is 1. The van der Waals surface area contributed by atoms with Gasteiger partial charge in [-0.1, -0.05) is 23.7 Å². The molecule has 4 heteroatoms. The van der Waals surface area contributed by atoms with Crippen LogP contribution in [0, 0.1) is 11.3 Å². The standard InChI is InChI=1S/C16H20ClN3/c17-13-3-1-2-12-14(13)18-19-15(12)16-8-10(16)6-7-20(9-16)11-4-5-11/h1-3,10-11,15,18-19H,4-9H2/t10-,15?,16+/m0/s1. The molecule has 20 heavy (non-hydrogen) atoms. The minimum absolute atomic E-state index is 0.433. The van der Waals surface area contributed by atoms with Gasteiger partial charge in [-0.3, -0.25) is 4.90 Å². The molecule has 2 saturated carbocycles. The van der Waals surface area contributed by atoms with E-state index in [0.29, 0.717) is 11.5 Å². The van der Waals surface area contributed by atoms with E-state index in [1.54, 1.807) is 0 Å². The fraction of sp³-hybridized carbons (Fsp3) is 0.625. The van der Waals surface area contributed by atoms with E-state index in [4.69, 9.17) is 11.6 Å². The van der Waals surface area contributed by atoms with Crippen molar-refractivity contribution in [2.75, 3.05) is 18.5 Å². The van der Waals surface area contributed by atoms with E-state index in [1.807, 2.05) is 6.07 Å². The maximum atomic E-state index is 6.31. The van der Waals surface area contributed by atoms with Crippen LogP contribution < -0.4 is 10.9 Å². The highest BCUT2D eigenvalue weighted by atomic mass is 35.5. The molecular weight excluding hydrogens is 270 g/mol. The summed E-state index contributed by atoms with van der Waals surface area (Å²) in [4.78, 5) is 2.74. The van der Waals surface area contributed by atoms with Crippen molar-refractivity contribution in [3.05, 3.63) is 28.8 Å². The molecule has 2 aliphatic carbocycles. The number of hydrogen-bond donors (Lipinski definition) is 2. The maximum absolute atomic E-state index is 6.31. The van der Waals surface area contributed by atoms with Gasteiger partial charge in [-0.05, 0) is 49.8 Å². The number of fused-ring (bicyclic) bond motifs is 2. The zero-order chi connectivity index (χ0) is 13.3. The van der Waals surface area contributed by atoms with Gasteiger partial charge < -0.3 is 5.43 Å². The number of anilines is 1. The van der Waals surface area contributed by atoms with Crippen molar-refractivity contribution in [2.45, 2.75) is 37.8 Å². The van der Waals surface area contributed by atoms with Crippen LogP contribution in [0.1, 0.15) is 37.3 Å². The largest absolute Gasteiger partial charge is 0.319 e. The second-order valence-electron chi connectivity index (χ2n) is 7.03. The summed E-state index contributed by atoms with van der Waals surface area (Å²) in [6.07, 6.45) is 5.59. The average Bonchev–Trinajstić information content (AvgIpc) is 3.35. The van der Waals surface area contributed by atoms with Crippen LogP contribution in [0.5, 0.6) is 0 Å². The quantitative estimate of drug-likeness (QED) is 0.876. The molecule has 2 N–H and O–H groups in total. The normalized spacial score (nSPS) is 39.0. The number of halogens is 1. The molecule has 2 aliphatic heterocycles. The van der Waals surface area contributed by atoms with Crippen LogP contribution in [-0.2, 0) is 0 Å². The van der Waals surface area contributed by atoms with E-state index in [9.17, 15) is 0 Å². The van der Waals surface area contributed by atoms with E-state index >= 15 is 0 Å². The Labute approximate surface area is 124 Å². The summed E-state index contributed by atoms with van der Waals surface area (Å²) in [6, 6.07) is 7.61. The number of hydrazine groups is 1. The zero-order valence-corrected chi connectivity index (χ0v) is 12.3. The lowest BCUT2D eigenvalue weighted by molar-refractivity contribution is 0.131. The lowest BCUT2D eigenvalue weighted by atomic mass is 9.85. The first-order valence-corrected chi connectivity index (χ1v) is 8.20. The number of rotatable bonds is 2. The Morgan fingerprint density at radius 3 is 3.00 bits per heavy atom. The van der Waals surface area contributed by atoms with Crippen LogP contribution in [-0.4, -0.2) is 24.0 Å². The van der Waals surface area contributed by atoms with E-state index in [0.717, 1.165) is 22.7 Å². The number of nitrogens with one attached hydrogen (secondary N) is 2. The molecule has 3 nitrogen and oxygen atoms in total. The second-order valence-corrected chi connectivity index (χ2v) is 7.44. The smallest absolute Gasteiger partial charge is 0.0723 e. The van der Waals surface area contributed by atoms with Crippen LogP contribution in [0.15, 0.2) is 18.2 Å². The van der Waals surface area contributed by atoms with Crippen molar-refractivity contribution in [1.29, 1.82) is 0 Å². The predicted molar refractivity (Wildman–Crippen MR) is 80.7 cm³/mol. The zero-order valence-electron chi connectivity index (χ0n) is 11.5. The molecule has 1 saturated heterocycles. The summed E-state index contributed by atoms with van der Waals surface area (Å²) in [7, 11) is 0. The van der Waals surface area contributed by atoms with E-state index in [2.05, 4.69) is 27.9 Å². The summed E-state index contributed by atoms with van der Waals surface area (Å²) in [5.74, 6) is 0.904. The third-order valence-electron chi connectivity index (χ3n) is 5.88. The molecule has 5 rings (SSSR count). The van der Waals surface area contributed by atoms with Gasteiger partial charge >= 0.3 is 0 Å². The molecule has 0 bridgehead atoms. The Balaban J connectivity index is 1.48. The summed E-state index contributed by atoms with van der Waals surface area (Å²) >= 11 is 6.31. The van der Waals surface area contributed by atoms with Crippen molar-refractivity contribution in [1.82, 2.24) is 10.3 Å². The molecule has 0 radical (unpaired) electrons. The number of para-hydroxylation sites is 1. The van der Waals surface area contributed by atoms with Crippen LogP contribution in [0.25, 0.3) is 0 Å². The highest BCUT2D eigenvalue weighted by molar-refractivity contribution is 6.33. The number of hydrogen-bond acceptors (Lipinski definition) is 3. The highest BCUT2D eigenvalue weighted by Gasteiger charge is 2.63. The highest BCUT2D eigenvalue weighted by Crippen LogP contribution is 2.66. The Hall–Kier alpha value is -0.770. The van der Waals surface area contributed by atoms with Crippen LogP contribution >= 0.6 is 11.6 Å². The monoisotopic (exact) mass is 289 g/mol.